The monoisotopic (exact) mass is 207 g/mol. The van der Waals surface area contributed by atoms with Crippen molar-refractivity contribution in [2.45, 2.75) is 0 Å². The lowest BCUT2D eigenvalue weighted by molar-refractivity contribution is 0.0816. The van der Waals surface area contributed by atoms with E-state index in [1.54, 1.807) is 20.3 Å². The highest BCUT2D eigenvalue weighted by Gasteiger charge is 2.12. The fourth-order valence-electron chi connectivity index (χ4n) is 0.932. The lowest BCUT2D eigenvalue weighted by Gasteiger charge is -2.07. The molecule has 0 N–H and O–H groups in total. The van der Waals surface area contributed by atoms with E-state index < -0.39 is 0 Å². The predicted molar refractivity (Wildman–Crippen MR) is 52.1 cm³/mol. The number of carbonyl (C=O) groups is 1. The molecule has 0 aromatic carbocycles. The van der Waals surface area contributed by atoms with Crippen molar-refractivity contribution in [2.75, 3.05) is 14.1 Å². The third-order valence-electron chi connectivity index (χ3n) is 1.64. The van der Waals surface area contributed by atoms with Gasteiger partial charge in [-0.25, -0.2) is 15.0 Å². The van der Waals surface area contributed by atoms with Crippen LogP contribution in [0.4, 0.5) is 0 Å². The normalized spacial score (nSPS) is 10.4. The minimum Gasteiger partial charge on any atom is -0.342 e. The van der Waals surface area contributed by atoms with Crippen LogP contribution in [0, 0.1) is 5.51 Å². The highest BCUT2D eigenvalue weighted by molar-refractivity contribution is 7.16. The van der Waals surface area contributed by atoms with E-state index in [4.69, 9.17) is 0 Å². The maximum Gasteiger partial charge on any atom is 0.291 e. The number of carbonyl (C=O) groups excluding carboxylic acids is 1. The van der Waals surface area contributed by atoms with Gasteiger partial charge in [0, 0.05) is 14.1 Å². The first-order valence-corrected chi connectivity index (χ1v) is 4.71. The van der Waals surface area contributed by atoms with Crippen LogP contribution < -0.4 is 0 Å². The summed E-state index contributed by atoms with van der Waals surface area (Å²) in [5, 5.41) is 0. The minimum absolute atomic E-state index is 0.168. The Labute approximate surface area is 84.4 Å². The van der Waals surface area contributed by atoms with Crippen LogP contribution in [0.25, 0.3) is 10.3 Å². The molecule has 0 saturated heterocycles. The molecule has 0 atom stereocenters. The largest absolute Gasteiger partial charge is 0.342 e. The Morgan fingerprint density at radius 3 is 3.07 bits per heavy atom. The molecule has 1 radical (unpaired) electrons. The number of hydrogen-bond acceptors (Lipinski definition) is 5. The Kier molecular flexibility index (Phi) is 2.12. The number of rotatable bonds is 1. The number of hydrogen-bond donors (Lipinski definition) is 0. The Balaban J connectivity index is 2.48. The van der Waals surface area contributed by atoms with Crippen LogP contribution >= 0.6 is 11.3 Å². The molecular weight excluding hydrogens is 200 g/mol. The average Bonchev–Trinajstić information content (AvgIpc) is 2.62. The molecule has 2 heterocycles. The van der Waals surface area contributed by atoms with Crippen LogP contribution in [0.1, 0.15) is 10.6 Å². The third kappa shape index (κ3) is 1.44. The summed E-state index contributed by atoms with van der Waals surface area (Å²) in [6, 6.07) is 0. The van der Waals surface area contributed by atoms with Gasteiger partial charge in [-0.05, 0) is 0 Å². The zero-order valence-corrected chi connectivity index (χ0v) is 8.50. The van der Waals surface area contributed by atoms with Gasteiger partial charge in [-0.3, -0.25) is 4.79 Å². The van der Waals surface area contributed by atoms with Gasteiger partial charge in [-0.2, -0.15) is 0 Å². The second kappa shape index (κ2) is 3.30. The first-order chi connectivity index (χ1) is 6.68. The fraction of sp³-hybridized carbons (Fsp3) is 0.250. The van der Waals surface area contributed by atoms with Crippen LogP contribution in [0.15, 0.2) is 6.20 Å². The summed E-state index contributed by atoms with van der Waals surface area (Å²) in [7, 11) is 3.31. The van der Waals surface area contributed by atoms with Crippen LogP contribution in [0.2, 0.25) is 0 Å². The summed E-state index contributed by atoms with van der Waals surface area (Å²) in [5.41, 5.74) is 3.22. The number of nitrogens with zero attached hydrogens (tertiary/aromatic N) is 4. The van der Waals surface area contributed by atoms with Crippen molar-refractivity contribution in [1.82, 2.24) is 19.9 Å². The average molecular weight is 207 g/mol. The first kappa shape index (κ1) is 9.01. The van der Waals surface area contributed by atoms with Gasteiger partial charge in [0.2, 0.25) is 5.82 Å². The van der Waals surface area contributed by atoms with Gasteiger partial charge in [0.1, 0.15) is 0 Å². The Morgan fingerprint density at radius 2 is 2.36 bits per heavy atom. The van der Waals surface area contributed by atoms with Gasteiger partial charge in [0.25, 0.3) is 5.91 Å². The van der Waals surface area contributed by atoms with E-state index in [1.807, 2.05) is 0 Å². The molecule has 0 aliphatic carbocycles. The van der Waals surface area contributed by atoms with E-state index in [0.717, 1.165) is 4.70 Å². The molecule has 14 heavy (non-hydrogen) atoms. The molecule has 0 aliphatic rings. The quantitative estimate of drug-likeness (QED) is 0.686. The molecule has 2 aromatic rings. The standard InChI is InChI=1S/C8H7N4OS/c1-12(2)8(13)7-9-3-5-6(11-7)10-4-14-5/h3H,1-2H3. The SMILES string of the molecule is CN(C)C(=O)c1ncc2s[c]nc2n1. The van der Waals surface area contributed by atoms with Gasteiger partial charge in [0.05, 0.1) is 10.9 Å². The topological polar surface area (TPSA) is 59.0 Å². The van der Waals surface area contributed by atoms with Crippen molar-refractivity contribution in [3.63, 3.8) is 0 Å². The zero-order valence-electron chi connectivity index (χ0n) is 7.68. The molecule has 2 aromatic heterocycles. The smallest absolute Gasteiger partial charge is 0.291 e. The van der Waals surface area contributed by atoms with Gasteiger partial charge < -0.3 is 4.90 Å². The van der Waals surface area contributed by atoms with Crippen molar-refractivity contribution >= 4 is 27.6 Å². The van der Waals surface area contributed by atoms with Gasteiger partial charge in [-0.1, -0.05) is 0 Å². The molecule has 71 valence electrons. The molecule has 0 saturated carbocycles. The lowest BCUT2D eigenvalue weighted by Crippen LogP contribution is -2.23. The van der Waals surface area contributed by atoms with Crippen LogP contribution in [-0.4, -0.2) is 39.9 Å². The van der Waals surface area contributed by atoms with E-state index in [1.165, 1.54) is 16.2 Å². The second-order valence-corrected chi connectivity index (χ2v) is 3.71. The summed E-state index contributed by atoms with van der Waals surface area (Å²) in [6.07, 6.45) is 1.59. The van der Waals surface area contributed by atoms with Crippen molar-refractivity contribution in [1.29, 1.82) is 0 Å². The van der Waals surface area contributed by atoms with E-state index in [2.05, 4.69) is 20.5 Å². The van der Waals surface area contributed by atoms with Gasteiger partial charge in [-0.15, -0.1) is 11.3 Å². The molecule has 6 heteroatoms. The predicted octanol–water partition coefficient (Wildman–Crippen LogP) is 0.588. The summed E-state index contributed by atoms with van der Waals surface area (Å²) in [5.74, 6) is -0.0540. The Morgan fingerprint density at radius 1 is 1.57 bits per heavy atom. The molecule has 0 unspecified atom stereocenters. The molecule has 2 rings (SSSR count). The summed E-state index contributed by atoms with van der Waals surface area (Å²) < 4.78 is 0.834. The number of aromatic nitrogens is 3. The maximum atomic E-state index is 11.5. The Hall–Kier alpha value is -1.56. The molecule has 0 spiro atoms. The van der Waals surface area contributed by atoms with E-state index in [9.17, 15) is 4.79 Å². The second-order valence-electron chi connectivity index (χ2n) is 2.89. The van der Waals surface area contributed by atoms with Crippen molar-refractivity contribution < 1.29 is 4.79 Å². The molecule has 5 nitrogen and oxygen atoms in total. The minimum atomic E-state index is -0.222. The summed E-state index contributed by atoms with van der Waals surface area (Å²) in [4.78, 5) is 24.8. The van der Waals surface area contributed by atoms with Gasteiger partial charge >= 0.3 is 0 Å². The van der Waals surface area contributed by atoms with E-state index >= 15 is 0 Å². The fourth-order valence-corrected chi connectivity index (χ4v) is 1.45. The van der Waals surface area contributed by atoms with Crippen LogP contribution in [0.5, 0.6) is 0 Å². The zero-order chi connectivity index (χ0) is 10.1. The van der Waals surface area contributed by atoms with Crippen LogP contribution in [0.3, 0.4) is 0 Å². The summed E-state index contributed by atoms with van der Waals surface area (Å²) >= 11 is 1.33. The number of amides is 1. The number of thiazole rings is 1. The highest BCUT2D eigenvalue weighted by atomic mass is 32.1. The lowest BCUT2D eigenvalue weighted by atomic mass is 10.5. The third-order valence-corrected chi connectivity index (χ3v) is 2.33. The van der Waals surface area contributed by atoms with Crippen molar-refractivity contribution in [2.24, 2.45) is 0 Å². The summed E-state index contributed by atoms with van der Waals surface area (Å²) in [6.45, 7) is 0. The molecule has 0 fully saturated rings. The highest BCUT2D eigenvalue weighted by Crippen LogP contribution is 2.13. The van der Waals surface area contributed by atoms with Crippen molar-refractivity contribution in [3.05, 3.63) is 17.5 Å². The van der Waals surface area contributed by atoms with Crippen molar-refractivity contribution in [3.8, 4) is 0 Å². The number of fused-ring (bicyclic) bond motifs is 1. The Bertz CT molecular complexity index is 479. The van der Waals surface area contributed by atoms with Gasteiger partial charge in [0.15, 0.2) is 11.2 Å². The van der Waals surface area contributed by atoms with Crippen LogP contribution in [-0.2, 0) is 0 Å². The molecule has 0 bridgehead atoms. The van der Waals surface area contributed by atoms with E-state index in [0.29, 0.717) is 5.65 Å². The molecule has 1 amide bonds. The van der Waals surface area contributed by atoms with E-state index in [-0.39, 0.29) is 11.7 Å². The molecule has 0 aliphatic heterocycles. The first-order valence-electron chi connectivity index (χ1n) is 3.90. The maximum absolute atomic E-state index is 11.5. The molecular formula is C8H7N4OS.